The number of hydrazine groups is 1. The molecule has 26 heavy (non-hydrogen) atoms. The van der Waals surface area contributed by atoms with Crippen molar-refractivity contribution in [2.75, 3.05) is 5.01 Å². The van der Waals surface area contributed by atoms with E-state index in [9.17, 15) is 22.8 Å². The van der Waals surface area contributed by atoms with Crippen molar-refractivity contribution >= 4 is 17.9 Å². The monoisotopic (exact) mass is 376 g/mol. The van der Waals surface area contributed by atoms with Crippen molar-refractivity contribution in [2.24, 2.45) is 0 Å². The summed E-state index contributed by atoms with van der Waals surface area (Å²) in [5.74, 6) is 0. The zero-order valence-electron chi connectivity index (χ0n) is 15.5. The molecule has 0 heterocycles. The molecule has 0 atom stereocenters. The molecular formula is C17H23F3N2O4. The van der Waals surface area contributed by atoms with Gasteiger partial charge < -0.3 is 9.47 Å². The number of anilines is 1. The van der Waals surface area contributed by atoms with Gasteiger partial charge in [-0.15, -0.1) is 0 Å². The molecular weight excluding hydrogens is 353 g/mol. The predicted molar refractivity (Wildman–Crippen MR) is 89.5 cm³/mol. The van der Waals surface area contributed by atoms with Crippen LogP contribution in [0.2, 0.25) is 0 Å². The number of nitrogens with one attached hydrogen (secondary N) is 1. The Balaban J connectivity index is 3.11. The van der Waals surface area contributed by atoms with Crippen LogP contribution < -0.4 is 10.4 Å². The fourth-order valence-corrected chi connectivity index (χ4v) is 1.71. The smallest absolute Gasteiger partial charge is 0.434 e. The molecule has 0 fully saturated rings. The molecule has 0 radical (unpaired) electrons. The van der Waals surface area contributed by atoms with Gasteiger partial charge in [0.15, 0.2) is 0 Å². The molecule has 1 aromatic rings. The normalized spacial score (nSPS) is 12.3. The van der Waals surface area contributed by atoms with E-state index in [0.29, 0.717) is 5.01 Å². The minimum Gasteiger partial charge on any atom is -0.443 e. The Morgan fingerprint density at radius 1 is 0.885 bits per heavy atom. The van der Waals surface area contributed by atoms with Crippen molar-refractivity contribution in [3.63, 3.8) is 0 Å². The Kier molecular flexibility index (Phi) is 6.17. The Hall–Kier alpha value is -2.45. The molecule has 0 saturated heterocycles. The molecule has 0 aliphatic carbocycles. The first-order valence-corrected chi connectivity index (χ1v) is 7.78. The van der Waals surface area contributed by atoms with Gasteiger partial charge in [0.1, 0.15) is 11.2 Å². The van der Waals surface area contributed by atoms with Crippen LogP contribution in [-0.4, -0.2) is 23.4 Å². The summed E-state index contributed by atoms with van der Waals surface area (Å²) in [6, 6.07) is 3.68. The quantitative estimate of drug-likeness (QED) is 0.709. The molecule has 1 aromatic carbocycles. The molecule has 0 aliphatic heterocycles. The van der Waals surface area contributed by atoms with Crippen LogP contribution in [0.3, 0.4) is 0 Å². The highest BCUT2D eigenvalue weighted by Gasteiger charge is 2.31. The van der Waals surface area contributed by atoms with Crippen molar-refractivity contribution in [3.8, 4) is 0 Å². The van der Waals surface area contributed by atoms with Gasteiger partial charge in [-0.1, -0.05) is 0 Å². The number of halogens is 3. The Labute approximate surface area is 150 Å². The third-order valence-corrected chi connectivity index (χ3v) is 2.63. The van der Waals surface area contributed by atoms with Crippen molar-refractivity contribution in [2.45, 2.75) is 58.9 Å². The molecule has 1 rings (SSSR count). The topological polar surface area (TPSA) is 67.9 Å². The maximum atomic E-state index is 12.7. The number of benzene rings is 1. The van der Waals surface area contributed by atoms with E-state index in [1.807, 2.05) is 0 Å². The van der Waals surface area contributed by atoms with Crippen LogP contribution in [0.25, 0.3) is 0 Å². The lowest BCUT2D eigenvalue weighted by Gasteiger charge is -2.28. The molecule has 2 amide bonds. The maximum Gasteiger partial charge on any atom is 0.434 e. The van der Waals surface area contributed by atoms with Gasteiger partial charge in [0.2, 0.25) is 0 Å². The lowest BCUT2D eigenvalue weighted by molar-refractivity contribution is -0.137. The van der Waals surface area contributed by atoms with E-state index in [-0.39, 0.29) is 5.69 Å². The molecule has 0 saturated carbocycles. The molecule has 0 spiro atoms. The standard InChI is InChI=1S/C17H23F3N2O4/c1-15(2,3)25-13(23)21-22(14(24)26-16(4,5)6)12-9-7-11(8-10-12)17(18,19)20/h7-10H,1-6H3,(H,21,23). The van der Waals surface area contributed by atoms with Crippen molar-refractivity contribution in [1.82, 2.24) is 5.43 Å². The van der Waals surface area contributed by atoms with Crippen LogP contribution in [0, 0.1) is 0 Å². The van der Waals surface area contributed by atoms with Crippen LogP contribution in [0.5, 0.6) is 0 Å². The Morgan fingerprint density at radius 3 is 1.73 bits per heavy atom. The van der Waals surface area contributed by atoms with Gasteiger partial charge in [-0.05, 0) is 65.8 Å². The second-order valence-electron chi connectivity index (χ2n) is 7.47. The minimum absolute atomic E-state index is 0.0156. The van der Waals surface area contributed by atoms with Gasteiger partial charge in [0.05, 0.1) is 11.3 Å². The summed E-state index contributed by atoms with van der Waals surface area (Å²) in [5, 5.41) is 0.694. The summed E-state index contributed by atoms with van der Waals surface area (Å²) in [4.78, 5) is 24.3. The summed E-state index contributed by atoms with van der Waals surface area (Å²) >= 11 is 0. The second kappa shape index (κ2) is 7.43. The largest absolute Gasteiger partial charge is 0.443 e. The number of carbonyl (C=O) groups is 2. The number of alkyl halides is 3. The first-order valence-electron chi connectivity index (χ1n) is 7.78. The zero-order chi connectivity index (χ0) is 20.3. The van der Waals surface area contributed by atoms with Gasteiger partial charge in [0.25, 0.3) is 0 Å². The molecule has 1 N–H and O–H groups in total. The average molecular weight is 376 g/mol. The lowest BCUT2D eigenvalue weighted by atomic mass is 10.2. The fraction of sp³-hybridized carbons (Fsp3) is 0.529. The zero-order valence-corrected chi connectivity index (χ0v) is 15.5. The number of nitrogens with zero attached hydrogens (tertiary/aromatic N) is 1. The number of carbonyl (C=O) groups excluding carboxylic acids is 2. The summed E-state index contributed by atoms with van der Waals surface area (Å²) in [5.41, 5.74) is -0.423. The first kappa shape index (κ1) is 21.6. The number of ether oxygens (including phenoxy) is 2. The summed E-state index contributed by atoms with van der Waals surface area (Å²) < 4.78 is 48.4. The van der Waals surface area contributed by atoms with E-state index >= 15 is 0 Å². The summed E-state index contributed by atoms with van der Waals surface area (Å²) in [6.07, 6.45) is -6.44. The number of rotatable bonds is 1. The third-order valence-electron chi connectivity index (χ3n) is 2.63. The van der Waals surface area contributed by atoms with Gasteiger partial charge in [0, 0.05) is 0 Å². The lowest BCUT2D eigenvalue weighted by Crippen LogP contribution is -2.50. The summed E-state index contributed by atoms with van der Waals surface area (Å²) in [6.45, 7) is 9.73. The summed E-state index contributed by atoms with van der Waals surface area (Å²) in [7, 11) is 0. The highest BCUT2D eigenvalue weighted by atomic mass is 19.4. The molecule has 0 bridgehead atoms. The van der Waals surface area contributed by atoms with E-state index in [0.717, 1.165) is 24.3 Å². The van der Waals surface area contributed by atoms with Crippen molar-refractivity contribution in [3.05, 3.63) is 29.8 Å². The molecule has 146 valence electrons. The highest BCUT2D eigenvalue weighted by Crippen LogP contribution is 2.30. The van der Waals surface area contributed by atoms with E-state index < -0.39 is 35.1 Å². The van der Waals surface area contributed by atoms with Crippen LogP contribution >= 0.6 is 0 Å². The van der Waals surface area contributed by atoms with Gasteiger partial charge in [-0.3, -0.25) is 0 Å². The Morgan fingerprint density at radius 2 is 1.35 bits per heavy atom. The number of amides is 2. The van der Waals surface area contributed by atoms with Gasteiger partial charge in [-0.25, -0.2) is 15.0 Å². The van der Waals surface area contributed by atoms with E-state index in [4.69, 9.17) is 9.47 Å². The van der Waals surface area contributed by atoms with Gasteiger partial charge >= 0.3 is 18.4 Å². The van der Waals surface area contributed by atoms with Crippen molar-refractivity contribution in [1.29, 1.82) is 0 Å². The minimum atomic E-state index is -4.52. The molecule has 6 nitrogen and oxygen atoms in total. The van der Waals surface area contributed by atoms with E-state index in [1.165, 1.54) is 0 Å². The van der Waals surface area contributed by atoms with Crippen LogP contribution in [0.1, 0.15) is 47.1 Å². The van der Waals surface area contributed by atoms with E-state index in [1.54, 1.807) is 41.5 Å². The fourth-order valence-electron chi connectivity index (χ4n) is 1.71. The van der Waals surface area contributed by atoms with Crippen LogP contribution in [0.4, 0.5) is 28.4 Å². The van der Waals surface area contributed by atoms with Gasteiger partial charge in [-0.2, -0.15) is 18.2 Å². The average Bonchev–Trinajstić information content (AvgIpc) is 2.40. The van der Waals surface area contributed by atoms with Crippen LogP contribution in [-0.2, 0) is 15.7 Å². The Bertz CT molecular complexity index is 644. The molecule has 0 aromatic heterocycles. The predicted octanol–water partition coefficient (Wildman–Crippen LogP) is 4.89. The van der Waals surface area contributed by atoms with E-state index in [2.05, 4.69) is 5.43 Å². The van der Waals surface area contributed by atoms with Crippen molar-refractivity contribution < 1.29 is 32.2 Å². The molecule has 9 heteroatoms. The molecule has 0 aliphatic rings. The highest BCUT2D eigenvalue weighted by molar-refractivity contribution is 5.90. The van der Waals surface area contributed by atoms with Crippen LogP contribution in [0.15, 0.2) is 24.3 Å². The first-order chi connectivity index (χ1) is 11.6. The number of hydrogen-bond donors (Lipinski definition) is 1. The number of hydrogen-bond acceptors (Lipinski definition) is 4. The second-order valence-corrected chi connectivity index (χ2v) is 7.47. The maximum absolute atomic E-state index is 12.7. The molecule has 0 unspecified atom stereocenters. The third kappa shape index (κ3) is 7.20. The SMILES string of the molecule is CC(C)(C)OC(=O)NN(C(=O)OC(C)(C)C)c1ccc(C(F)(F)F)cc1.